The predicted octanol–water partition coefficient (Wildman–Crippen LogP) is 0.352. The van der Waals surface area contributed by atoms with E-state index >= 15 is 0 Å². The van der Waals surface area contributed by atoms with E-state index in [4.69, 9.17) is 15.9 Å². The summed E-state index contributed by atoms with van der Waals surface area (Å²) in [5, 5.41) is 35.6. The summed E-state index contributed by atoms with van der Waals surface area (Å²) in [5.41, 5.74) is 7.29. The summed E-state index contributed by atoms with van der Waals surface area (Å²) in [6, 6.07) is 1.96. The van der Waals surface area contributed by atoms with E-state index in [2.05, 4.69) is 20.9 Å². The summed E-state index contributed by atoms with van der Waals surface area (Å²) >= 11 is 0. The first-order valence-electron chi connectivity index (χ1n) is 13.2. The van der Waals surface area contributed by atoms with Gasteiger partial charge in [0.2, 0.25) is 17.7 Å². The van der Waals surface area contributed by atoms with Gasteiger partial charge in [0.15, 0.2) is 0 Å². The van der Waals surface area contributed by atoms with Crippen LogP contribution in [0, 0.1) is 5.92 Å². The van der Waals surface area contributed by atoms with Gasteiger partial charge < -0.3 is 42.0 Å². The molecule has 9 N–H and O–H groups in total. The molecule has 224 valence electrons. The Labute approximate surface area is 236 Å². The fourth-order valence-electron chi connectivity index (χ4n) is 4.23. The second kappa shape index (κ2) is 15.4. The van der Waals surface area contributed by atoms with Crippen molar-refractivity contribution >= 4 is 46.5 Å². The molecule has 0 aliphatic carbocycles. The quantitative estimate of drug-likeness (QED) is 0.129. The number of amides is 3. The van der Waals surface area contributed by atoms with E-state index < -0.39 is 79.1 Å². The fraction of sp³-hybridized carbons (Fsp3) is 0.481. The minimum Gasteiger partial charge on any atom is -0.481 e. The Bertz CT molecular complexity index is 1260. The number of aromatic nitrogens is 1. The van der Waals surface area contributed by atoms with E-state index in [0.717, 1.165) is 10.9 Å². The Balaban J connectivity index is 2.33. The van der Waals surface area contributed by atoms with Crippen molar-refractivity contribution in [3.8, 4) is 0 Å². The lowest BCUT2D eigenvalue weighted by molar-refractivity contribution is -0.143. The third-order valence-electron chi connectivity index (χ3n) is 6.34. The first kappa shape index (κ1) is 32.8. The fourth-order valence-corrected chi connectivity index (χ4v) is 4.23. The molecule has 0 spiro atoms. The maximum absolute atomic E-state index is 13.3. The van der Waals surface area contributed by atoms with Crippen molar-refractivity contribution in [2.45, 2.75) is 76.5 Å². The number of aromatic amines is 1. The predicted molar refractivity (Wildman–Crippen MR) is 147 cm³/mol. The molecule has 1 aromatic carbocycles. The van der Waals surface area contributed by atoms with Crippen LogP contribution in [-0.4, -0.2) is 80.1 Å². The third-order valence-corrected chi connectivity index (χ3v) is 6.34. The van der Waals surface area contributed by atoms with Crippen LogP contribution in [-0.2, 0) is 35.2 Å². The van der Waals surface area contributed by atoms with Crippen molar-refractivity contribution in [3.05, 3.63) is 36.0 Å². The van der Waals surface area contributed by atoms with E-state index in [1.165, 1.54) is 0 Å². The normalized spacial score (nSPS) is 14.0. The highest BCUT2D eigenvalue weighted by Crippen LogP contribution is 2.19. The number of carboxylic acids is 3. The molecule has 0 fully saturated rings. The average Bonchev–Trinajstić information content (AvgIpc) is 3.30. The molecule has 14 nitrogen and oxygen atoms in total. The number of benzene rings is 1. The van der Waals surface area contributed by atoms with E-state index in [-0.39, 0.29) is 18.8 Å². The maximum atomic E-state index is 13.3. The summed E-state index contributed by atoms with van der Waals surface area (Å²) in [6.07, 6.45) is 0.181. The number of carbonyl (C=O) groups excluding carboxylic acids is 3. The van der Waals surface area contributed by atoms with Crippen LogP contribution in [0.1, 0.15) is 51.5 Å². The van der Waals surface area contributed by atoms with Crippen LogP contribution < -0.4 is 21.7 Å². The zero-order valence-corrected chi connectivity index (χ0v) is 22.9. The molecule has 1 aromatic heterocycles. The lowest BCUT2D eigenvalue weighted by Crippen LogP contribution is -2.57. The number of para-hydroxylation sites is 1. The van der Waals surface area contributed by atoms with E-state index in [9.17, 15) is 33.9 Å². The van der Waals surface area contributed by atoms with Gasteiger partial charge in [0.25, 0.3) is 0 Å². The Morgan fingerprint density at radius 3 is 1.93 bits per heavy atom. The summed E-state index contributed by atoms with van der Waals surface area (Å²) in [5.74, 6) is -6.27. The van der Waals surface area contributed by atoms with Gasteiger partial charge >= 0.3 is 17.9 Å². The molecule has 2 rings (SSSR count). The molecular weight excluding hydrogens is 538 g/mol. The van der Waals surface area contributed by atoms with Gasteiger partial charge in [-0.2, -0.15) is 0 Å². The molecule has 14 heteroatoms. The highest BCUT2D eigenvalue weighted by Gasteiger charge is 2.31. The van der Waals surface area contributed by atoms with Crippen molar-refractivity contribution in [1.82, 2.24) is 20.9 Å². The molecule has 4 atom stereocenters. The topological polar surface area (TPSA) is 241 Å². The smallest absolute Gasteiger partial charge is 0.326 e. The number of nitrogens with two attached hydrogens (primary N) is 1. The van der Waals surface area contributed by atoms with Gasteiger partial charge in [-0.05, 0) is 36.8 Å². The average molecular weight is 576 g/mol. The summed E-state index contributed by atoms with van der Waals surface area (Å²) in [6.45, 7) is 3.72. The van der Waals surface area contributed by atoms with Gasteiger partial charge in [0, 0.05) is 36.4 Å². The molecule has 0 bridgehead atoms. The largest absolute Gasteiger partial charge is 0.481 e. The summed E-state index contributed by atoms with van der Waals surface area (Å²) in [4.78, 5) is 76.2. The van der Waals surface area contributed by atoms with Crippen LogP contribution in [0.3, 0.4) is 0 Å². The van der Waals surface area contributed by atoms with Crippen LogP contribution >= 0.6 is 0 Å². The molecule has 4 unspecified atom stereocenters. The summed E-state index contributed by atoms with van der Waals surface area (Å²) in [7, 11) is 0. The number of H-pyrrole nitrogens is 1. The van der Waals surface area contributed by atoms with Crippen LogP contribution in [0.2, 0.25) is 0 Å². The minimum atomic E-state index is -1.54. The lowest BCUT2D eigenvalue weighted by atomic mass is 10.0. The molecule has 0 saturated heterocycles. The zero-order chi connectivity index (χ0) is 30.7. The van der Waals surface area contributed by atoms with Crippen molar-refractivity contribution in [3.63, 3.8) is 0 Å². The molecule has 0 aliphatic rings. The highest BCUT2D eigenvalue weighted by molar-refractivity contribution is 5.95. The zero-order valence-electron chi connectivity index (χ0n) is 22.9. The van der Waals surface area contributed by atoms with Crippen molar-refractivity contribution in [2.75, 3.05) is 0 Å². The standard InChI is InChI=1S/C27H37N5O9/c1-14(2)11-17(28)24(37)30-19(7-9-22(33)34)25(38)32-21(12-15-13-29-18-6-4-3-5-16(15)18)26(39)31-20(27(40)41)8-10-23(35)36/h3-6,13-14,17,19-21,29H,7-12,28H2,1-2H3,(H,30,37)(H,31,39)(H,32,38)(H,33,34)(H,35,36)(H,40,41). The van der Waals surface area contributed by atoms with Crippen molar-refractivity contribution in [1.29, 1.82) is 0 Å². The Morgan fingerprint density at radius 1 is 0.805 bits per heavy atom. The van der Waals surface area contributed by atoms with Gasteiger partial charge in [-0.1, -0.05) is 32.0 Å². The third kappa shape index (κ3) is 10.6. The molecule has 41 heavy (non-hydrogen) atoms. The van der Waals surface area contributed by atoms with Gasteiger partial charge in [-0.3, -0.25) is 24.0 Å². The number of rotatable bonds is 17. The number of carbonyl (C=O) groups is 6. The molecule has 0 saturated carbocycles. The second-order valence-corrected chi connectivity index (χ2v) is 10.2. The van der Waals surface area contributed by atoms with Crippen molar-refractivity contribution in [2.24, 2.45) is 11.7 Å². The van der Waals surface area contributed by atoms with Gasteiger partial charge in [-0.15, -0.1) is 0 Å². The minimum absolute atomic E-state index is 0.0783. The Kier molecular flexibility index (Phi) is 12.3. The van der Waals surface area contributed by atoms with E-state index in [0.29, 0.717) is 12.0 Å². The number of carboxylic acid groups (broad SMARTS) is 3. The number of hydrogen-bond acceptors (Lipinski definition) is 7. The van der Waals surface area contributed by atoms with Gasteiger partial charge in [0.05, 0.1) is 6.04 Å². The molecule has 2 aromatic rings. The first-order chi connectivity index (χ1) is 19.3. The number of fused-ring (bicyclic) bond motifs is 1. The number of nitrogens with one attached hydrogen (secondary N) is 4. The molecule has 0 aliphatic heterocycles. The molecule has 3 amide bonds. The molecular formula is C27H37N5O9. The van der Waals surface area contributed by atoms with Gasteiger partial charge in [-0.25, -0.2) is 4.79 Å². The monoisotopic (exact) mass is 575 g/mol. The lowest BCUT2D eigenvalue weighted by Gasteiger charge is -2.25. The van der Waals surface area contributed by atoms with Crippen LogP contribution in [0.5, 0.6) is 0 Å². The van der Waals surface area contributed by atoms with Crippen LogP contribution in [0.25, 0.3) is 10.9 Å². The second-order valence-electron chi connectivity index (χ2n) is 10.2. The Morgan fingerprint density at radius 2 is 1.34 bits per heavy atom. The molecule has 1 heterocycles. The Hall–Kier alpha value is -4.46. The number of aliphatic carboxylic acids is 3. The number of hydrogen-bond donors (Lipinski definition) is 8. The molecule has 0 radical (unpaired) electrons. The highest BCUT2D eigenvalue weighted by atomic mass is 16.4. The SMILES string of the molecule is CC(C)CC(N)C(=O)NC(CCC(=O)O)C(=O)NC(Cc1c[nH]c2ccccc12)C(=O)NC(CCC(=O)O)C(=O)O. The summed E-state index contributed by atoms with van der Waals surface area (Å²) < 4.78 is 0. The van der Waals surface area contributed by atoms with Crippen LogP contribution in [0.4, 0.5) is 0 Å². The first-order valence-corrected chi connectivity index (χ1v) is 13.2. The van der Waals surface area contributed by atoms with E-state index in [1.807, 2.05) is 13.8 Å². The van der Waals surface area contributed by atoms with E-state index in [1.54, 1.807) is 30.5 Å². The maximum Gasteiger partial charge on any atom is 0.326 e. The van der Waals surface area contributed by atoms with Crippen molar-refractivity contribution < 1.29 is 44.1 Å². The van der Waals surface area contributed by atoms with Gasteiger partial charge in [0.1, 0.15) is 18.1 Å². The van der Waals surface area contributed by atoms with Crippen LogP contribution in [0.15, 0.2) is 30.5 Å².